The molecule has 0 bridgehead atoms. The van der Waals surface area contributed by atoms with Crippen LogP contribution in [0, 0.1) is 0 Å². The second-order valence-electron chi connectivity index (χ2n) is 4.15. The smallest absolute Gasteiger partial charge is 0.130 e. The van der Waals surface area contributed by atoms with E-state index in [-0.39, 0.29) is 6.04 Å². The molecular weight excluding hydrogens is 179 g/mol. The molecule has 0 amide bonds. The van der Waals surface area contributed by atoms with Crippen LogP contribution in [0.15, 0.2) is 18.2 Å². The van der Waals surface area contributed by atoms with E-state index in [1.807, 2.05) is 6.92 Å². The molecule has 0 saturated heterocycles. The molecule has 14 heavy (non-hydrogen) atoms. The number of nitrogens with two attached hydrogens (primary N) is 2. The molecule has 1 rings (SSSR count). The van der Waals surface area contributed by atoms with Crippen LogP contribution in [0.2, 0.25) is 0 Å². The highest BCUT2D eigenvalue weighted by Crippen LogP contribution is 2.28. The van der Waals surface area contributed by atoms with Crippen molar-refractivity contribution < 1.29 is 4.39 Å². The van der Waals surface area contributed by atoms with Gasteiger partial charge in [0.25, 0.3) is 0 Å². The molecule has 0 saturated carbocycles. The molecule has 3 heteroatoms. The van der Waals surface area contributed by atoms with Crippen LogP contribution in [-0.4, -0.2) is 0 Å². The number of anilines is 1. The predicted molar refractivity (Wildman–Crippen MR) is 57.6 cm³/mol. The van der Waals surface area contributed by atoms with Crippen LogP contribution in [0.4, 0.5) is 10.1 Å². The minimum absolute atomic E-state index is 0.125. The van der Waals surface area contributed by atoms with Crippen molar-refractivity contribution in [3.8, 4) is 0 Å². The van der Waals surface area contributed by atoms with E-state index in [0.717, 1.165) is 5.56 Å². The summed E-state index contributed by atoms with van der Waals surface area (Å²) >= 11 is 0. The second-order valence-corrected chi connectivity index (χ2v) is 4.15. The normalized spacial score (nSPS) is 14.1. The zero-order valence-corrected chi connectivity index (χ0v) is 8.84. The maximum Gasteiger partial charge on any atom is 0.130 e. The summed E-state index contributed by atoms with van der Waals surface area (Å²) in [4.78, 5) is 0. The summed E-state index contributed by atoms with van der Waals surface area (Å²) in [5.74, 6) is 0. The Labute approximate surface area is 84.1 Å². The molecule has 0 radical (unpaired) electrons. The van der Waals surface area contributed by atoms with Crippen LogP contribution in [0.25, 0.3) is 0 Å². The molecule has 4 N–H and O–H groups in total. The van der Waals surface area contributed by atoms with Gasteiger partial charge in [0.05, 0.1) is 0 Å². The topological polar surface area (TPSA) is 52.0 Å². The number of rotatable bonds is 2. The van der Waals surface area contributed by atoms with E-state index in [9.17, 15) is 4.39 Å². The van der Waals surface area contributed by atoms with Crippen LogP contribution in [0.5, 0.6) is 0 Å². The Morgan fingerprint density at radius 2 is 1.86 bits per heavy atom. The third kappa shape index (κ3) is 2.45. The van der Waals surface area contributed by atoms with Crippen LogP contribution in [0.1, 0.15) is 37.9 Å². The number of hydrogen-bond donors (Lipinski definition) is 2. The third-order valence-electron chi connectivity index (χ3n) is 2.19. The third-order valence-corrected chi connectivity index (χ3v) is 2.19. The van der Waals surface area contributed by atoms with Crippen molar-refractivity contribution in [1.29, 1.82) is 0 Å². The summed E-state index contributed by atoms with van der Waals surface area (Å²) in [7, 11) is 0. The van der Waals surface area contributed by atoms with Crippen molar-refractivity contribution in [3.63, 3.8) is 0 Å². The first-order chi connectivity index (χ1) is 6.30. The van der Waals surface area contributed by atoms with Gasteiger partial charge in [-0.2, -0.15) is 0 Å². The van der Waals surface area contributed by atoms with Crippen molar-refractivity contribution in [2.24, 2.45) is 5.73 Å². The van der Waals surface area contributed by atoms with E-state index < -0.39 is 5.67 Å². The van der Waals surface area contributed by atoms with Crippen LogP contribution in [0.3, 0.4) is 0 Å². The lowest BCUT2D eigenvalue weighted by atomic mass is 9.95. The van der Waals surface area contributed by atoms with Gasteiger partial charge < -0.3 is 11.5 Å². The Morgan fingerprint density at radius 1 is 1.29 bits per heavy atom. The highest BCUT2D eigenvalue weighted by Gasteiger charge is 2.20. The fourth-order valence-corrected chi connectivity index (χ4v) is 1.28. The summed E-state index contributed by atoms with van der Waals surface area (Å²) in [6.07, 6.45) is 0. The minimum Gasteiger partial charge on any atom is -0.399 e. The molecule has 1 aromatic rings. The van der Waals surface area contributed by atoms with Gasteiger partial charge in [0.1, 0.15) is 5.67 Å². The Kier molecular flexibility index (Phi) is 2.81. The molecule has 0 aliphatic heterocycles. The molecule has 1 atom stereocenters. The molecule has 0 aliphatic carbocycles. The SMILES string of the molecule is C[C@@H](N)c1cc(N)cc(C(C)(C)F)c1. The average Bonchev–Trinajstić information content (AvgIpc) is 2.01. The number of benzene rings is 1. The zero-order chi connectivity index (χ0) is 10.9. The molecule has 0 aliphatic rings. The first-order valence-corrected chi connectivity index (χ1v) is 4.66. The summed E-state index contributed by atoms with van der Waals surface area (Å²) < 4.78 is 13.6. The predicted octanol–water partition coefficient (Wildman–Crippen LogP) is 2.49. The van der Waals surface area contributed by atoms with E-state index in [1.165, 1.54) is 13.8 Å². The van der Waals surface area contributed by atoms with Gasteiger partial charge in [-0.15, -0.1) is 0 Å². The summed E-state index contributed by atoms with van der Waals surface area (Å²) in [6.45, 7) is 4.86. The number of alkyl halides is 1. The van der Waals surface area contributed by atoms with Gasteiger partial charge in [-0.1, -0.05) is 6.07 Å². The average molecular weight is 196 g/mol. The van der Waals surface area contributed by atoms with E-state index in [0.29, 0.717) is 11.3 Å². The van der Waals surface area contributed by atoms with Gasteiger partial charge >= 0.3 is 0 Å². The molecule has 0 unspecified atom stereocenters. The van der Waals surface area contributed by atoms with Crippen LogP contribution < -0.4 is 11.5 Å². The van der Waals surface area contributed by atoms with Gasteiger partial charge in [0.15, 0.2) is 0 Å². The van der Waals surface area contributed by atoms with Crippen LogP contribution in [-0.2, 0) is 5.67 Å². The summed E-state index contributed by atoms with van der Waals surface area (Å²) in [5, 5.41) is 0. The van der Waals surface area contributed by atoms with Crippen molar-refractivity contribution in [1.82, 2.24) is 0 Å². The van der Waals surface area contributed by atoms with Crippen LogP contribution >= 0.6 is 0 Å². The Bertz CT molecular complexity index is 327. The monoisotopic (exact) mass is 196 g/mol. The fourth-order valence-electron chi connectivity index (χ4n) is 1.28. The number of halogens is 1. The molecule has 0 aromatic heterocycles. The quantitative estimate of drug-likeness (QED) is 0.714. The number of hydrogen-bond acceptors (Lipinski definition) is 2. The molecule has 2 nitrogen and oxygen atoms in total. The van der Waals surface area contributed by atoms with Gasteiger partial charge in [0, 0.05) is 11.7 Å². The minimum atomic E-state index is -1.38. The fraction of sp³-hybridized carbons (Fsp3) is 0.455. The van der Waals surface area contributed by atoms with Crippen molar-refractivity contribution in [2.75, 3.05) is 5.73 Å². The molecule has 0 spiro atoms. The van der Waals surface area contributed by atoms with E-state index >= 15 is 0 Å². The van der Waals surface area contributed by atoms with E-state index in [4.69, 9.17) is 11.5 Å². The lowest BCUT2D eigenvalue weighted by Crippen LogP contribution is -2.12. The molecular formula is C11H17FN2. The second kappa shape index (κ2) is 3.58. The summed E-state index contributed by atoms with van der Waals surface area (Å²) in [5.41, 5.74) is 12.0. The van der Waals surface area contributed by atoms with Gasteiger partial charge in [-0.25, -0.2) is 4.39 Å². The Hall–Kier alpha value is -1.09. The van der Waals surface area contributed by atoms with Crippen molar-refractivity contribution >= 4 is 5.69 Å². The number of nitrogen functional groups attached to an aromatic ring is 1. The Balaban J connectivity index is 3.21. The van der Waals surface area contributed by atoms with Gasteiger partial charge in [-0.3, -0.25) is 0 Å². The largest absolute Gasteiger partial charge is 0.399 e. The van der Waals surface area contributed by atoms with E-state index in [1.54, 1.807) is 18.2 Å². The lowest BCUT2D eigenvalue weighted by Gasteiger charge is -2.17. The first-order valence-electron chi connectivity index (χ1n) is 4.66. The zero-order valence-electron chi connectivity index (χ0n) is 8.84. The van der Waals surface area contributed by atoms with E-state index in [2.05, 4.69) is 0 Å². The molecule has 0 fully saturated rings. The van der Waals surface area contributed by atoms with Gasteiger partial charge in [-0.05, 0) is 44.0 Å². The molecule has 78 valence electrons. The standard InChI is InChI=1S/C11H17FN2/c1-7(13)8-4-9(11(2,3)12)6-10(14)5-8/h4-7H,13-14H2,1-3H3/t7-/m1/s1. The highest BCUT2D eigenvalue weighted by molar-refractivity contribution is 5.47. The Morgan fingerprint density at radius 3 is 2.29 bits per heavy atom. The van der Waals surface area contributed by atoms with Crippen molar-refractivity contribution in [2.45, 2.75) is 32.5 Å². The maximum atomic E-state index is 13.6. The summed E-state index contributed by atoms with van der Waals surface area (Å²) in [6, 6.07) is 5.06. The van der Waals surface area contributed by atoms with Crippen molar-refractivity contribution in [3.05, 3.63) is 29.3 Å². The molecule has 1 aromatic carbocycles. The lowest BCUT2D eigenvalue weighted by molar-refractivity contribution is 0.221. The van der Waals surface area contributed by atoms with Gasteiger partial charge in [0.2, 0.25) is 0 Å². The highest BCUT2D eigenvalue weighted by atomic mass is 19.1. The molecule has 0 heterocycles. The maximum absolute atomic E-state index is 13.6. The first kappa shape index (κ1) is 11.0.